The normalized spacial score (nSPS) is 18.9. The minimum absolute atomic E-state index is 0.159. The molecule has 0 saturated heterocycles. The van der Waals surface area contributed by atoms with Crippen molar-refractivity contribution in [3.8, 4) is 0 Å². The number of benzene rings is 1. The number of amides is 1. The van der Waals surface area contributed by atoms with Crippen LogP contribution in [0.3, 0.4) is 0 Å². The van der Waals surface area contributed by atoms with Crippen LogP contribution in [0.4, 0.5) is 5.69 Å². The van der Waals surface area contributed by atoms with E-state index in [2.05, 4.69) is 13.0 Å². The Morgan fingerprint density at radius 1 is 1.47 bits per heavy atom. The number of ether oxygens (including phenoxy) is 1. The molecule has 0 bridgehead atoms. The molecule has 17 heavy (non-hydrogen) atoms. The molecule has 0 aromatic heterocycles. The van der Waals surface area contributed by atoms with Gasteiger partial charge in [-0.1, -0.05) is 18.2 Å². The van der Waals surface area contributed by atoms with Gasteiger partial charge in [-0.3, -0.25) is 4.79 Å². The Kier molecular flexibility index (Phi) is 3.79. The third-order valence-electron chi connectivity index (χ3n) is 3.31. The lowest BCUT2D eigenvalue weighted by molar-refractivity contribution is -0.120. The molecule has 0 aliphatic carbocycles. The molecule has 2 rings (SSSR count). The quantitative estimate of drug-likeness (QED) is 0.802. The first-order chi connectivity index (χ1) is 8.24. The van der Waals surface area contributed by atoms with E-state index in [1.807, 2.05) is 23.1 Å². The van der Waals surface area contributed by atoms with E-state index >= 15 is 0 Å². The number of hydrogen-bond acceptors (Lipinski definition) is 2. The van der Waals surface area contributed by atoms with E-state index < -0.39 is 0 Å². The van der Waals surface area contributed by atoms with E-state index in [9.17, 15) is 4.79 Å². The van der Waals surface area contributed by atoms with Crippen LogP contribution in [-0.4, -0.2) is 25.7 Å². The monoisotopic (exact) mass is 233 g/mol. The summed E-state index contributed by atoms with van der Waals surface area (Å²) in [6.07, 6.45) is 2.55. The molecule has 1 amide bonds. The van der Waals surface area contributed by atoms with Crippen molar-refractivity contribution in [1.29, 1.82) is 0 Å². The summed E-state index contributed by atoms with van der Waals surface area (Å²) in [4.78, 5) is 14.1. The van der Waals surface area contributed by atoms with Crippen molar-refractivity contribution in [2.45, 2.75) is 32.2 Å². The molecular weight excluding hydrogens is 214 g/mol. The number of rotatable bonds is 3. The predicted octanol–water partition coefficient (Wildman–Crippen LogP) is 2.39. The lowest BCUT2D eigenvalue weighted by Gasteiger charge is -2.35. The number of methoxy groups -OCH3 is 1. The molecule has 0 saturated carbocycles. The molecule has 0 fully saturated rings. The van der Waals surface area contributed by atoms with Gasteiger partial charge < -0.3 is 9.64 Å². The molecule has 1 atom stereocenters. The number of anilines is 1. The molecule has 1 aromatic carbocycles. The molecule has 1 heterocycles. The predicted molar refractivity (Wildman–Crippen MR) is 68.2 cm³/mol. The second-order valence-corrected chi connectivity index (χ2v) is 4.52. The average Bonchev–Trinajstić information content (AvgIpc) is 2.35. The van der Waals surface area contributed by atoms with Gasteiger partial charge in [-0.25, -0.2) is 0 Å². The standard InChI is InChI=1S/C14H19NO2/c1-11-7-8-12-5-3-4-6-13(12)15(11)14(16)9-10-17-2/h3-6,11H,7-10H2,1-2H3/t11-/m1/s1. The molecular formula is C14H19NO2. The fourth-order valence-electron chi connectivity index (χ4n) is 2.38. The summed E-state index contributed by atoms with van der Waals surface area (Å²) in [6.45, 7) is 2.60. The number of fused-ring (bicyclic) bond motifs is 1. The Hall–Kier alpha value is -1.35. The van der Waals surface area contributed by atoms with Crippen LogP contribution in [0.15, 0.2) is 24.3 Å². The average molecular weight is 233 g/mol. The zero-order valence-electron chi connectivity index (χ0n) is 10.5. The summed E-state index contributed by atoms with van der Waals surface area (Å²) < 4.78 is 4.98. The van der Waals surface area contributed by atoms with Crippen LogP contribution in [0.25, 0.3) is 0 Å². The maximum Gasteiger partial charge on any atom is 0.229 e. The summed E-state index contributed by atoms with van der Waals surface area (Å²) in [5.41, 5.74) is 2.35. The van der Waals surface area contributed by atoms with Crippen molar-refractivity contribution in [2.24, 2.45) is 0 Å². The van der Waals surface area contributed by atoms with Gasteiger partial charge >= 0.3 is 0 Å². The minimum atomic E-state index is 0.159. The lowest BCUT2D eigenvalue weighted by Crippen LogP contribution is -2.42. The Labute approximate surface area is 102 Å². The van der Waals surface area contributed by atoms with Crippen LogP contribution in [0.2, 0.25) is 0 Å². The fraction of sp³-hybridized carbons (Fsp3) is 0.500. The molecule has 3 heteroatoms. The zero-order valence-corrected chi connectivity index (χ0v) is 10.5. The lowest BCUT2D eigenvalue weighted by atomic mass is 9.96. The highest BCUT2D eigenvalue weighted by molar-refractivity contribution is 5.95. The van der Waals surface area contributed by atoms with E-state index in [4.69, 9.17) is 4.74 Å². The van der Waals surface area contributed by atoms with Gasteiger partial charge in [0.15, 0.2) is 0 Å². The Bertz CT molecular complexity index is 403. The van der Waals surface area contributed by atoms with E-state index in [0.29, 0.717) is 13.0 Å². The van der Waals surface area contributed by atoms with Crippen LogP contribution >= 0.6 is 0 Å². The van der Waals surface area contributed by atoms with Crippen molar-refractivity contribution < 1.29 is 9.53 Å². The van der Waals surface area contributed by atoms with Gasteiger partial charge in [0.25, 0.3) is 0 Å². The van der Waals surface area contributed by atoms with Crippen molar-refractivity contribution in [1.82, 2.24) is 0 Å². The Balaban J connectivity index is 2.23. The molecule has 0 unspecified atom stereocenters. The molecule has 1 aliphatic rings. The molecule has 0 N–H and O–H groups in total. The van der Waals surface area contributed by atoms with Crippen molar-refractivity contribution in [2.75, 3.05) is 18.6 Å². The maximum atomic E-state index is 12.2. The summed E-state index contributed by atoms with van der Waals surface area (Å²) in [5.74, 6) is 0.159. The summed E-state index contributed by atoms with van der Waals surface area (Å²) in [7, 11) is 1.63. The third-order valence-corrected chi connectivity index (χ3v) is 3.31. The topological polar surface area (TPSA) is 29.5 Å². The first kappa shape index (κ1) is 12.1. The number of hydrogen-bond donors (Lipinski definition) is 0. The Morgan fingerprint density at radius 2 is 2.24 bits per heavy atom. The van der Waals surface area contributed by atoms with E-state index in [1.165, 1.54) is 5.56 Å². The molecule has 3 nitrogen and oxygen atoms in total. The Morgan fingerprint density at radius 3 is 3.00 bits per heavy atom. The van der Waals surface area contributed by atoms with Crippen molar-refractivity contribution in [3.05, 3.63) is 29.8 Å². The van der Waals surface area contributed by atoms with Crippen LogP contribution in [0, 0.1) is 0 Å². The summed E-state index contributed by atoms with van der Waals surface area (Å²) in [6, 6.07) is 8.46. The molecule has 0 spiro atoms. The maximum absolute atomic E-state index is 12.2. The number of carbonyl (C=O) groups excluding carboxylic acids is 1. The number of carbonyl (C=O) groups is 1. The summed E-state index contributed by atoms with van der Waals surface area (Å²) >= 11 is 0. The van der Waals surface area contributed by atoms with Gasteiger partial charge in [0.05, 0.1) is 13.0 Å². The molecule has 1 aliphatic heterocycles. The van der Waals surface area contributed by atoms with E-state index in [0.717, 1.165) is 18.5 Å². The van der Waals surface area contributed by atoms with Crippen LogP contribution < -0.4 is 4.90 Å². The van der Waals surface area contributed by atoms with Gasteiger partial charge in [0.2, 0.25) is 5.91 Å². The molecule has 1 aromatic rings. The second-order valence-electron chi connectivity index (χ2n) is 4.52. The highest BCUT2D eigenvalue weighted by atomic mass is 16.5. The SMILES string of the molecule is COCCC(=O)N1c2ccccc2CC[C@H]1C. The van der Waals surface area contributed by atoms with Gasteiger partial charge in [0, 0.05) is 18.8 Å². The smallest absolute Gasteiger partial charge is 0.229 e. The van der Waals surface area contributed by atoms with Gasteiger partial charge in [-0.05, 0) is 31.4 Å². The number of nitrogens with zero attached hydrogens (tertiary/aromatic N) is 1. The zero-order chi connectivity index (χ0) is 12.3. The minimum Gasteiger partial charge on any atom is -0.384 e. The van der Waals surface area contributed by atoms with Crippen molar-refractivity contribution >= 4 is 11.6 Å². The second kappa shape index (κ2) is 5.32. The number of aryl methyl sites for hydroxylation is 1. The first-order valence-electron chi connectivity index (χ1n) is 6.13. The van der Waals surface area contributed by atoms with Gasteiger partial charge in [-0.2, -0.15) is 0 Å². The van der Waals surface area contributed by atoms with Crippen LogP contribution in [-0.2, 0) is 16.0 Å². The van der Waals surface area contributed by atoms with Gasteiger partial charge in [-0.15, -0.1) is 0 Å². The third kappa shape index (κ3) is 2.50. The first-order valence-corrected chi connectivity index (χ1v) is 6.13. The summed E-state index contributed by atoms with van der Waals surface area (Å²) in [5, 5.41) is 0. The van der Waals surface area contributed by atoms with Crippen LogP contribution in [0.1, 0.15) is 25.3 Å². The largest absolute Gasteiger partial charge is 0.384 e. The molecule has 0 radical (unpaired) electrons. The van der Waals surface area contributed by atoms with Gasteiger partial charge in [0.1, 0.15) is 0 Å². The number of para-hydroxylation sites is 1. The highest BCUT2D eigenvalue weighted by Crippen LogP contribution is 2.30. The highest BCUT2D eigenvalue weighted by Gasteiger charge is 2.27. The van der Waals surface area contributed by atoms with Crippen LogP contribution in [0.5, 0.6) is 0 Å². The van der Waals surface area contributed by atoms with Crippen molar-refractivity contribution in [3.63, 3.8) is 0 Å². The van der Waals surface area contributed by atoms with E-state index in [-0.39, 0.29) is 11.9 Å². The van der Waals surface area contributed by atoms with E-state index in [1.54, 1.807) is 7.11 Å². The molecule has 92 valence electrons. The fourth-order valence-corrected chi connectivity index (χ4v) is 2.38.